The van der Waals surface area contributed by atoms with Crippen LogP contribution in [0.2, 0.25) is 5.02 Å². The molecule has 1 saturated heterocycles. The van der Waals surface area contributed by atoms with Gasteiger partial charge in [0.15, 0.2) is 0 Å². The first-order chi connectivity index (χ1) is 10.9. The normalized spacial score (nSPS) is 16.1. The van der Waals surface area contributed by atoms with E-state index in [0.717, 1.165) is 11.1 Å². The Morgan fingerprint density at radius 1 is 1.26 bits per heavy atom. The Morgan fingerprint density at radius 3 is 2.70 bits per heavy atom. The van der Waals surface area contributed by atoms with Gasteiger partial charge in [0.1, 0.15) is 11.1 Å². The number of aryl methyl sites for hydroxylation is 2. The van der Waals surface area contributed by atoms with Gasteiger partial charge < -0.3 is 4.74 Å². The first-order valence-corrected chi connectivity index (χ1v) is 9.04. The van der Waals surface area contributed by atoms with Gasteiger partial charge >= 0.3 is 0 Å². The van der Waals surface area contributed by atoms with Crippen molar-refractivity contribution in [3.63, 3.8) is 0 Å². The zero-order valence-corrected chi connectivity index (χ0v) is 14.4. The van der Waals surface area contributed by atoms with E-state index in [2.05, 4.69) is 4.98 Å². The first kappa shape index (κ1) is 16.2. The van der Waals surface area contributed by atoms with Crippen LogP contribution in [0.1, 0.15) is 11.1 Å². The van der Waals surface area contributed by atoms with Crippen LogP contribution in [0.15, 0.2) is 41.4 Å². The molecule has 2 aromatic rings. The van der Waals surface area contributed by atoms with Crippen molar-refractivity contribution in [2.75, 3.05) is 13.1 Å². The molecule has 0 radical (unpaired) electrons. The van der Waals surface area contributed by atoms with Gasteiger partial charge in [-0.1, -0.05) is 23.7 Å². The molecule has 1 aromatic heterocycles. The number of aromatic nitrogens is 1. The summed E-state index contributed by atoms with van der Waals surface area (Å²) in [7, 11) is -3.49. The molecule has 0 saturated carbocycles. The molecule has 0 atom stereocenters. The minimum atomic E-state index is -3.49. The van der Waals surface area contributed by atoms with Crippen molar-refractivity contribution in [2.24, 2.45) is 0 Å². The van der Waals surface area contributed by atoms with Crippen molar-refractivity contribution in [1.29, 1.82) is 0 Å². The highest BCUT2D eigenvalue weighted by atomic mass is 35.5. The van der Waals surface area contributed by atoms with Gasteiger partial charge in [-0.25, -0.2) is 13.4 Å². The molecule has 7 heteroatoms. The van der Waals surface area contributed by atoms with Crippen molar-refractivity contribution in [1.82, 2.24) is 9.29 Å². The number of rotatable bonds is 4. The monoisotopic (exact) mass is 352 g/mol. The molecule has 2 heterocycles. The van der Waals surface area contributed by atoms with Crippen LogP contribution in [0.4, 0.5) is 0 Å². The standard InChI is InChI=1S/C16H17ClN2O3S/c1-11-5-6-12(2)15(8-11)23(20,21)19-9-13(10-19)22-16-14(17)4-3-7-18-16/h3-8,13H,9-10H2,1-2H3. The molecule has 0 bridgehead atoms. The highest BCUT2D eigenvalue weighted by Gasteiger charge is 2.39. The maximum absolute atomic E-state index is 12.7. The van der Waals surface area contributed by atoms with Crippen LogP contribution in [-0.2, 0) is 10.0 Å². The Balaban J connectivity index is 1.71. The van der Waals surface area contributed by atoms with E-state index < -0.39 is 10.0 Å². The highest BCUT2D eigenvalue weighted by Crippen LogP contribution is 2.28. The second-order valence-electron chi connectivity index (χ2n) is 5.62. The number of nitrogens with zero attached hydrogens (tertiary/aromatic N) is 2. The zero-order valence-electron chi connectivity index (χ0n) is 12.9. The average Bonchev–Trinajstić information content (AvgIpc) is 2.46. The molecule has 1 aliphatic heterocycles. The van der Waals surface area contributed by atoms with Gasteiger partial charge in [0.25, 0.3) is 0 Å². The number of benzene rings is 1. The third-order valence-corrected chi connectivity index (χ3v) is 6.04. The lowest BCUT2D eigenvalue weighted by Crippen LogP contribution is -2.56. The average molecular weight is 353 g/mol. The molecular formula is C16H17ClN2O3S. The van der Waals surface area contributed by atoms with E-state index in [-0.39, 0.29) is 6.10 Å². The van der Waals surface area contributed by atoms with Crippen molar-refractivity contribution < 1.29 is 13.2 Å². The molecule has 0 aliphatic carbocycles. The van der Waals surface area contributed by atoms with Gasteiger partial charge in [0, 0.05) is 6.20 Å². The van der Waals surface area contributed by atoms with E-state index in [1.165, 1.54) is 4.31 Å². The van der Waals surface area contributed by atoms with Gasteiger partial charge in [-0.15, -0.1) is 0 Å². The van der Waals surface area contributed by atoms with E-state index in [0.29, 0.717) is 28.9 Å². The summed E-state index contributed by atoms with van der Waals surface area (Å²) < 4.78 is 32.4. The summed E-state index contributed by atoms with van der Waals surface area (Å²) in [6.07, 6.45) is 1.35. The van der Waals surface area contributed by atoms with Crippen LogP contribution >= 0.6 is 11.6 Å². The number of halogens is 1. The molecule has 122 valence electrons. The van der Waals surface area contributed by atoms with Crippen molar-refractivity contribution in [2.45, 2.75) is 24.8 Å². The maximum atomic E-state index is 12.7. The summed E-state index contributed by atoms with van der Waals surface area (Å²) in [4.78, 5) is 4.40. The Labute approximate surface area is 140 Å². The third kappa shape index (κ3) is 3.20. The minimum Gasteiger partial charge on any atom is -0.470 e. The molecule has 1 aliphatic rings. The molecule has 5 nitrogen and oxygen atoms in total. The minimum absolute atomic E-state index is 0.234. The summed E-state index contributed by atoms with van der Waals surface area (Å²) in [5.74, 6) is 0.336. The van der Waals surface area contributed by atoms with Gasteiger partial charge in [-0.2, -0.15) is 4.31 Å². The number of pyridine rings is 1. The predicted octanol–water partition coefficient (Wildman–Crippen LogP) is 2.80. The molecule has 1 aromatic carbocycles. The molecule has 0 amide bonds. The number of ether oxygens (including phenoxy) is 1. The van der Waals surface area contributed by atoms with Gasteiger partial charge in [-0.3, -0.25) is 0 Å². The van der Waals surface area contributed by atoms with Crippen LogP contribution in [0.3, 0.4) is 0 Å². The second kappa shape index (κ2) is 6.11. The number of hydrogen-bond acceptors (Lipinski definition) is 4. The lowest BCUT2D eigenvalue weighted by molar-refractivity contribution is 0.0721. The fraction of sp³-hybridized carbons (Fsp3) is 0.312. The lowest BCUT2D eigenvalue weighted by atomic mass is 10.2. The number of sulfonamides is 1. The van der Waals surface area contributed by atoms with Crippen LogP contribution in [0.5, 0.6) is 5.88 Å². The Kier molecular flexibility index (Phi) is 4.31. The summed E-state index contributed by atoms with van der Waals surface area (Å²) in [6, 6.07) is 8.83. The van der Waals surface area contributed by atoms with Gasteiger partial charge in [-0.05, 0) is 43.2 Å². The summed E-state index contributed by atoms with van der Waals surface area (Å²) in [5.41, 5.74) is 1.66. The quantitative estimate of drug-likeness (QED) is 0.849. The predicted molar refractivity (Wildman–Crippen MR) is 88.3 cm³/mol. The van der Waals surface area contributed by atoms with E-state index in [1.54, 1.807) is 31.3 Å². The zero-order chi connectivity index (χ0) is 16.6. The molecule has 23 heavy (non-hydrogen) atoms. The smallest absolute Gasteiger partial charge is 0.243 e. The van der Waals surface area contributed by atoms with Crippen LogP contribution < -0.4 is 4.74 Å². The molecule has 3 rings (SSSR count). The lowest BCUT2D eigenvalue weighted by Gasteiger charge is -2.37. The van der Waals surface area contributed by atoms with Crippen LogP contribution in [0.25, 0.3) is 0 Å². The summed E-state index contributed by atoms with van der Waals surface area (Å²) in [5, 5.41) is 0.420. The van der Waals surface area contributed by atoms with Crippen molar-refractivity contribution in [3.05, 3.63) is 52.7 Å². The fourth-order valence-corrected chi connectivity index (χ4v) is 4.39. The largest absolute Gasteiger partial charge is 0.470 e. The molecular weight excluding hydrogens is 336 g/mol. The molecule has 0 unspecified atom stereocenters. The SMILES string of the molecule is Cc1ccc(C)c(S(=O)(=O)N2CC(Oc3ncccc3Cl)C2)c1. The van der Waals surface area contributed by atoms with E-state index >= 15 is 0 Å². The maximum Gasteiger partial charge on any atom is 0.243 e. The van der Waals surface area contributed by atoms with E-state index in [4.69, 9.17) is 16.3 Å². The van der Waals surface area contributed by atoms with Crippen molar-refractivity contribution in [3.8, 4) is 5.88 Å². The first-order valence-electron chi connectivity index (χ1n) is 7.22. The topological polar surface area (TPSA) is 59.5 Å². The Bertz CT molecular complexity index is 833. The third-order valence-electron chi connectivity index (χ3n) is 3.78. The molecule has 0 spiro atoms. The van der Waals surface area contributed by atoms with Crippen LogP contribution in [0, 0.1) is 13.8 Å². The van der Waals surface area contributed by atoms with Crippen molar-refractivity contribution >= 4 is 21.6 Å². The second-order valence-corrected chi connectivity index (χ2v) is 7.93. The fourth-order valence-electron chi connectivity index (χ4n) is 2.41. The highest BCUT2D eigenvalue weighted by molar-refractivity contribution is 7.89. The summed E-state index contributed by atoms with van der Waals surface area (Å²) >= 11 is 5.99. The van der Waals surface area contributed by atoms with E-state index in [1.807, 2.05) is 19.1 Å². The number of hydrogen-bond donors (Lipinski definition) is 0. The summed E-state index contributed by atoms with van der Waals surface area (Å²) in [6.45, 7) is 4.27. The van der Waals surface area contributed by atoms with Crippen LogP contribution in [-0.4, -0.2) is 36.9 Å². The Hall–Kier alpha value is -1.63. The van der Waals surface area contributed by atoms with Gasteiger partial charge in [0.2, 0.25) is 15.9 Å². The Morgan fingerprint density at radius 2 is 2.00 bits per heavy atom. The van der Waals surface area contributed by atoms with E-state index in [9.17, 15) is 8.42 Å². The van der Waals surface area contributed by atoms with Gasteiger partial charge in [0.05, 0.1) is 18.0 Å². The molecule has 1 fully saturated rings. The molecule has 0 N–H and O–H groups in total.